The lowest BCUT2D eigenvalue weighted by Crippen LogP contribution is -2.46. The van der Waals surface area contributed by atoms with E-state index in [0.717, 1.165) is 38.5 Å². The maximum Gasteiger partial charge on any atom is 0.418 e. The summed E-state index contributed by atoms with van der Waals surface area (Å²) >= 11 is 0. The second kappa shape index (κ2) is 10.1. The number of amides is 1. The highest BCUT2D eigenvalue weighted by Crippen LogP contribution is 2.34. The number of nitrogens with one attached hydrogen (secondary N) is 2. The Morgan fingerprint density at radius 1 is 1.30 bits per heavy atom. The van der Waals surface area contributed by atoms with Gasteiger partial charge in [0.2, 0.25) is 5.91 Å². The molecule has 1 aromatic rings. The molecule has 1 atom stereocenters. The molecule has 1 fully saturated rings. The van der Waals surface area contributed by atoms with E-state index >= 15 is 0 Å². The molecule has 5 nitrogen and oxygen atoms in total. The Morgan fingerprint density at radius 2 is 1.96 bits per heavy atom. The van der Waals surface area contributed by atoms with Gasteiger partial charge in [0.25, 0.3) is 0 Å². The van der Waals surface area contributed by atoms with Crippen molar-refractivity contribution in [3.05, 3.63) is 29.8 Å². The van der Waals surface area contributed by atoms with Gasteiger partial charge in [0.15, 0.2) is 0 Å². The molecule has 152 valence electrons. The zero-order chi connectivity index (χ0) is 19.9. The van der Waals surface area contributed by atoms with E-state index in [0.29, 0.717) is 12.6 Å². The van der Waals surface area contributed by atoms with Gasteiger partial charge in [-0.2, -0.15) is 13.2 Å². The van der Waals surface area contributed by atoms with Crippen LogP contribution in [0.25, 0.3) is 0 Å². The van der Waals surface area contributed by atoms with Gasteiger partial charge in [-0.15, -0.1) is 0 Å². The number of nitrogens with zero attached hydrogens (tertiary/aromatic N) is 1. The first kappa shape index (κ1) is 21.7. The Hall–Kier alpha value is -1.64. The second-order valence-corrected chi connectivity index (χ2v) is 6.97. The van der Waals surface area contributed by atoms with Crippen molar-refractivity contribution >= 4 is 11.6 Å². The number of carbonyl (C=O) groups excluding carboxylic acids is 1. The third-order valence-electron chi connectivity index (χ3n) is 4.72. The number of hydrogen-bond donors (Lipinski definition) is 2. The van der Waals surface area contributed by atoms with E-state index in [1.165, 1.54) is 18.2 Å². The molecule has 27 heavy (non-hydrogen) atoms. The van der Waals surface area contributed by atoms with Gasteiger partial charge in [0.1, 0.15) is 0 Å². The first-order chi connectivity index (χ1) is 12.8. The number of likely N-dealkylation sites (tertiary alicyclic amines) is 1. The molecule has 2 N–H and O–H groups in total. The number of benzene rings is 1. The summed E-state index contributed by atoms with van der Waals surface area (Å²) in [5.41, 5.74) is -1.03. The van der Waals surface area contributed by atoms with Crippen molar-refractivity contribution in [1.29, 1.82) is 0 Å². The minimum absolute atomic E-state index is 0.112. The number of piperidine rings is 1. The summed E-state index contributed by atoms with van der Waals surface area (Å²) in [6.07, 6.45) is -2.42. The lowest BCUT2D eigenvalue weighted by atomic mass is 10.0. The Morgan fingerprint density at radius 3 is 2.59 bits per heavy atom. The molecule has 0 radical (unpaired) electrons. The van der Waals surface area contributed by atoms with E-state index in [2.05, 4.69) is 15.5 Å². The van der Waals surface area contributed by atoms with Gasteiger partial charge >= 0.3 is 6.18 Å². The lowest BCUT2D eigenvalue weighted by Gasteiger charge is -2.33. The molecule has 1 aliphatic rings. The van der Waals surface area contributed by atoms with E-state index in [1.807, 2.05) is 6.92 Å². The number of carbonyl (C=O) groups is 1. The molecule has 1 aliphatic heterocycles. The minimum Gasteiger partial charge on any atom is -0.383 e. The van der Waals surface area contributed by atoms with Crippen LogP contribution in [0.15, 0.2) is 24.3 Å². The summed E-state index contributed by atoms with van der Waals surface area (Å²) in [6.45, 7) is 5.46. The maximum atomic E-state index is 13.0. The summed E-state index contributed by atoms with van der Waals surface area (Å²) < 4.78 is 44.1. The predicted octanol–water partition coefficient (Wildman–Crippen LogP) is 3.12. The van der Waals surface area contributed by atoms with Gasteiger partial charge in [-0.05, 0) is 45.0 Å². The topological polar surface area (TPSA) is 53.6 Å². The summed E-state index contributed by atoms with van der Waals surface area (Å²) in [4.78, 5) is 14.5. The summed E-state index contributed by atoms with van der Waals surface area (Å²) in [6, 6.07) is 5.22. The van der Waals surface area contributed by atoms with Crippen LogP contribution >= 0.6 is 0 Å². The standard InChI is InChI=1S/C19H28F3N3O2/c1-14(23-15-7-9-25(10-8-15)11-12-27-2)13-18(26)24-17-6-4-3-5-16(17)19(20,21)22/h3-6,14-15,23H,7-13H2,1-2H3,(H,24,26). The summed E-state index contributed by atoms with van der Waals surface area (Å²) in [5, 5.41) is 5.81. The molecule has 2 rings (SSSR count). The molecule has 1 heterocycles. The highest BCUT2D eigenvalue weighted by Gasteiger charge is 2.33. The highest BCUT2D eigenvalue weighted by atomic mass is 19.4. The van der Waals surface area contributed by atoms with Crippen molar-refractivity contribution in [1.82, 2.24) is 10.2 Å². The molecule has 0 saturated carbocycles. The van der Waals surface area contributed by atoms with Crippen LogP contribution in [-0.4, -0.2) is 56.2 Å². The van der Waals surface area contributed by atoms with Gasteiger partial charge < -0.3 is 20.3 Å². The average molecular weight is 387 g/mol. The number of anilines is 1. The fourth-order valence-electron chi connectivity index (χ4n) is 3.32. The van der Waals surface area contributed by atoms with Crippen molar-refractivity contribution in [3.63, 3.8) is 0 Å². The predicted molar refractivity (Wildman–Crippen MR) is 98.6 cm³/mol. The van der Waals surface area contributed by atoms with Crippen molar-refractivity contribution < 1.29 is 22.7 Å². The Labute approximate surface area is 158 Å². The molecule has 1 unspecified atom stereocenters. The minimum atomic E-state index is -4.50. The van der Waals surface area contributed by atoms with Crippen molar-refractivity contribution in [3.8, 4) is 0 Å². The van der Waals surface area contributed by atoms with E-state index < -0.39 is 17.6 Å². The third kappa shape index (κ3) is 7.12. The fourth-order valence-corrected chi connectivity index (χ4v) is 3.32. The van der Waals surface area contributed by atoms with Gasteiger partial charge in [0, 0.05) is 32.2 Å². The average Bonchev–Trinajstić information content (AvgIpc) is 2.60. The molecule has 1 amide bonds. The van der Waals surface area contributed by atoms with Crippen LogP contribution in [0.5, 0.6) is 0 Å². The van der Waals surface area contributed by atoms with Crippen LogP contribution in [0, 0.1) is 0 Å². The number of methoxy groups -OCH3 is 1. The van der Waals surface area contributed by atoms with E-state index in [-0.39, 0.29) is 18.2 Å². The molecular weight excluding hydrogens is 359 g/mol. The Balaban J connectivity index is 1.78. The van der Waals surface area contributed by atoms with Crippen LogP contribution in [0.4, 0.5) is 18.9 Å². The molecule has 0 aliphatic carbocycles. The number of rotatable bonds is 8. The monoisotopic (exact) mass is 387 g/mol. The molecule has 0 bridgehead atoms. The molecule has 0 spiro atoms. The maximum absolute atomic E-state index is 13.0. The largest absolute Gasteiger partial charge is 0.418 e. The first-order valence-electron chi connectivity index (χ1n) is 9.23. The number of para-hydroxylation sites is 1. The van der Waals surface area contributed by atoms with E-state index in [4.69, 9.17) is 4.74 Å². The molecule has 1 saturated heterocycles. The smallest absolute Gasteiger partial charge is 0.383 e. The van der Waals surface area contributed by atoms with E-state index in [9.17, 15) is 18.0 Å². The molecular formula is C19H28F3N3O2. The summed E-state index contributed by atoms with van der Waals surface area (Å²) in [5.74, 6) is -0.427. The molecule has 8 heteroatoms. The highest BCUT2D eigenvalue weighted by molar-refractivity contribution is 5.92. The van der Waals surface area contributed by atoms with Crippen LogP contribution < -0.4 is 10.6 Å². The molecule has 1 aromatic carbocycles. The fraction of sp³-hybridized carbons (Fsp3) is 0.632. The number of alkyl halides is 3. The third-order valence-corrected chi connectivity index (χ3v) is 4.72. The van der Waals surface area contributed by atoms with Crippen LogP contribution in [-0.2, 0) is 15.7 Å². The number of hydrogen-bond acceptors (Lipinski definition) is 4. The van der Waals surface area contributed by atoms with Crippen LogP contribution in [0.2, 0.25) is 0 Å². The van der Waals surface area contributed by atoms with Gasteiger partial charge in [-0.25, -0.2) is 0 Å². The number of ether oxygens (including phenoxy) is 1. The van der Waals surface area contributed by atoms with Crippen LogP contribution in [0.1, 0.15) is 31.7 Å². The van der Waals surface area contributed by atoms with Crippen molar-refractivity contribution in [2.75, 3.05) is 38.7 Å². The van der Waals surface area contributed by atoms with Crippen LogP contribution in [0.3, 0.4) is 0 Å². The second-order valence-electron chi connectivity index (χ2n) is 6.97. The van der Waals surface area contributed by atoms with Crippen molar-refractivity contribution in [2.45, 2.75) is 44.4 Å². The molecule has 0 aromatic heterocycles. The quantitative estimate of drug-likeness (QED) is 0.720. The Bertz CT molecular complexity index is 602. The first-order valence-corrected chi connectivity index (χ1v) is 9.23. The summed E-state index contributed by atoms with van der Waals surface area (Å²) in [7, 11) is 1.69. The zero-order valence-electron chi connectivity index (χ0n) is 15.8. The van der Waals surface area contributed by atoms with Gasteiger partial charge in [-0.1, -0.05) is 12.1 Å². The normalized spacial score (nSPS) is 17.7. The van der Waals surface area contributed by atoms with E-state index in [1.54, 1.807) is 7.11 Å². The Kier molecular flexibility index (Phi) is 8.07. The van der Waals surface area contributed by atoms with Crippen molar-refractivity contribution in [2.24, 2.45) is 0 Å². The number of halogens is 3. The van der Waals surface area contributed by atoms with Gasteiger partial charge in [-0.3, -0.25) is 4.79 Å². The zero-order valence-corrected chi connectivity index (χ0v) is 15.8. The SMILES string of the molecule is COCCN1CCC(NC(C)CC(=O)Nc2ccccc2C(F)(F)F)CC1. The lowest BCUT2D eigenvalue weighted by molar-refractivity contribution is -0.137. The van der Waals surface area contributed by atoms with Gasteiger partial charge in [0.05, 0.1) is 17.9 Å².